The van der Waals surface area contributed by atoms with Gasteiger partial charge in [-0.25, -0.2) is 0 Å². The molecule has 3 aromatic carbocycles. The molecule has 11 heteroatoms. The van der Waals surface area contributed by atoms with Crippen LogP contribution in [0.15, 0.2) is 72.8 Å². The summed E-state index contributed by atoms with van der Waals surface area (Å²) in [7, 11) is 0. The second-order valence-corrected chi connectivity index (χ2v) is 11.5. The quantitative estimate of drug-likeness (QED) is 0.305. The smallest absolute Gasteiger partial charge is 0.385 e. The van der Waals surface area contributed by atoms with Gasteiger partial charge in [0.15, 0.2) is 0 Å². The van der Waals surface area contributed by atoms with Crippen LogP contribution < -0.4 is 16.4 Å². The van der Waals surface area contributed by atoms with E-state index in [-0.39, 0.29) is 30.1 Å². The number of amides is 3. The van der Waals surface area contributed by atoms with Gasteiger partial charge in [0.2, 0.25) is 11.8 Å². The van der Waals surface area contributed by atoms with Crippen molar-refractivity contribution in [2.75, 3.05) is 19.6 Å². The van der Waals surface area contributed by atoms with Gasteiger partial charge in [0.1, 0.15) is 0 Å². The lowest BCUT2D eigenvalue weighted by Gasteiger charge is -2.38. The van der Waals surface area contributed by atoms with E-state index in [1.165, 1.54) is 6.07 Å². The van der Waals surface area contributed by atoms with E-state index in [1.54, 1.807) is 17.0 Å². The number of hydrogen-bond acceptors (Lipinski definition) is 5. The molecule has 2 fully saturated rings. The molecule has 1 aliphatic carbocycles. The van der Waals surface area contributed by atoms with Crippen LogP contribution in [0, 0.1) is 0 Å². The first-order valence-electron chi connectivity index (χ1n) is 14.6. The first kappa shape index (κ1) is 31.2. The van der Waals surface area contributed by atoms with Crippen LogP contribution >= 0.6 is 0 Å². The summed E-state index contributed by atoms with van der Waals surface area (Å²) in [5, 5.41) is 17.5. The second-order valence-electron chi connectivity index (χ2n) is 11.5. The molecule has 1 heterocycles. The Morgan fingerprint density at radius 2 is 1.64 bits per heavy atom. The standard InChI is InChI=1S/C33H35F3N4O4/c34-33(35,36)24-5-3-4-22(18-24)31(43)38-19-29(41)40-17-14-26(20-40)39-25-12-15-32(44,16-13-25)23-10-8-21(9-11-23)27-6-1-2-7-28(27)30(37)42/h1-11,18,25-26,39,44H,12-17,19-20H2,(H2,37,42)(H,38,43)/t25?,26-,32?/m0/s1. The van der Waals surface area contributed by atoms with E-state index < -0.39 is 29.2 Å². The molecular weight excluding hydrogens is 573 g/mol. The van der Waals surface area contributed by atoms with Crippen LogP contribution in [-0.2, 0) is 16.6 Å². The number of alkyl halides is 3. The van der Waals surface area contributed by atoms with E-state index in [9.17, 15) is 32.7 Å². The second kappa shape index (κ2) is 12.8. The van der Waals surface area contributed by atoms with E-state index >= 15 is 0 Å². The average Bonchev–Trinajstić information content (AvgIpc) is 3.49. The molecule has 1 saturated carbocycles. The summed E-state index contributed by atoms with van der Waals surface area (Å²) in [6, 6.07) is 19.1. The molecule has 5 rings (SSSR count). The van der Waals surface area contributed by atoms with Crippen LogP contribution in [0.3, 0.4) is 0 Å². The topological polar surface area (TPSA) is 125 Å². The van der Waals surface area contributed by atoms with Crippen molar-refractivity contribution in [1.29, 1.82) is 0 Å². The van der Waals surface area contributed by atoms with Gasteiger partial charge in [0.05, 0.1) is 17.7 Å². The molecule has 8 nitrogen and oxygen atoms in total. The van der Waals surface area contributed by atoms with Crippen LogP contribution in [0.25, 0.3) is 11.1 Å². The van der Waals surface area contributed by atoms with Crippen molar-refractivity contribution >= 4 is 17.7 Å². The minimum Gasteiger partial charge on any atom is -0.385 e. The van der Waals surface area contributed by atoms with Crippen molar-refractivity contribution in [3.8, 4) is 11.1 Å². The lowest BCUT2D eigenvalue weighted by molar-refractivity contribution is -0.137. The maximum atomic E-state index is 12.9. The molecule has 0 aromatic heterocycles. The maximum Gasteiger partial charge on any atom is 0.416 e. The fourth-order valence-electron chi connectivity index (χ4n) is 6.12. The maximum absolute atomic E-state index is 12.9. The molecule has 1 saturated heterocycles. The third-order valence-electron chi connectivity index (χ3n) is 8.60. The number of aliphatic hydroxyl groups is 1. The Hall–Kier alpha value is -4.22. The largest absolute Gasteiger partial charge is 0.416 e. The monoisotopic (exact) mass is 608 g/mol. The molecule has 0 spiro atoms. The fourth-order valence-corrected chi connectivity index (χ4v) is 6.12. The zero-order valence-electron chi connectivity index (χ0n) is 24.1. The van der Waals surface area contributed by atoms with Gasteiger partial charge in [-0.2, -0.15) is 13.2 Å². The molecule has 232 valence electrons. The number of carbonyl (C=O) groups is 3. The number of rotatable bonds is 8. The Labute approximate surface area is 253 Å². The lowest BCUT2D eigenvalue weighted by atomic mass is 9.77. The summed E-state index contributed by atoms with van der Waals surface area (Å²) in [5.41, 5.74) is 6.33. The highest BCUT2D eigenvalue weighted by Gasteiger charge is 2.37. The highest BCUT2D eigenvalue weighted by atomic mass is 19.4. The molecular formula is C33H35F3N4O4. The summed E-state index contributed by atoms with van der Waals surface area (Å²) in [6.07, 6.45) is -1.19. The van der Waals surface area contributed by atoms with Crippen molar-refractivity contribution in [2.24, 2.45) is 5.73 Å². The number of hydrogen-bond donors (Lipinski definition) is 4. The summed E-state index contributed by atoms with van der Waals surface area (Å²) >= 11 is 0. The SMILES string of the molecule is NC(=O)c1ccccc1-c1ccc(C2(O)CCC(N[C@H]3CCN(C(=O)CNC(=O)c4cccc(C(F)(F)F)c4)C3)CC2)cc1. The molecule has 3 amide bonds. The van der Waals surface area contributed by atoms with Crippen molar-refractivity contribution < 1.29 is 32.7 Å². The molecule has 0 unspecified atom stereocenters. The number of benzene rings is 3. The number of likely N-dealkylation sites (tertiary alicyclic amines) is 1. The molecule has 2 aliphatic rings. The minimum atomic E-state index is -4.56. The highest BCUT2D eigenvalue weighted by molar-refractivity contribution is 5.99. The first-order valence-corrected chi connectivity index (χ1v) is 14.6. The lowest BCUT2D eigenvalue weighted by Crippen LogP contribution is -2.46. The Morgan fingerprint density at radius 3 is 2.32 bits per heavy atom. The normalized spacial score (nSPS) is 22.0. The van der Waals surface area contributed by atoms with Gasteiger partial charge >= 0.3 is 6.18 Å². The Bertz CT molecular complexity index is 1520. The summed E-state index contributed by atoms with van der Waals surface area (Å²) < 4.78 is 38.8. The molecule has 3 aromatic rings. The summed E-state index contributed by atoms with van der Waals surface area (Å²) in [4.78, 5) is 38.5. The molecule has 0 radical (unpaired) electrons. The number of nitrogens with zero attached hydrogens (tertiary/aromatic N) is 1. The predicted octanol–water partition coefficient (Wildman–Crippen LogP) is 4.22. The highest BCUT2D eigenvalue weighted by Crippen LogP contribution is 2.38. The van der Waals surface area contributed by atoms with Gasteiger partial charge in [-0.1, -0.05) is 48.5 Å². The van der Waals surface area contributed by atoms with E-state index in [4.69, 9.17) is 5.73 Å². The summed E-state index contributed by atoms with van der Waals surface area (Å²) in [6.45, 7) is 0.677. The van der Waals surface area contributed by atoms with Gasteiger partial charge in [0, 0.05) is 36.3 Å². The Balaban J connectivity index is 1.08. The van der Waals surface area contributed by atoms with Crippen LogP contribution in [0.1, 0.15) is 63.9 Å². The van der Waals surface area contributed by atoms with Crippen LogP contribution in [-0.4, -0.2) is 59.4 Å². The number of nitrogens with one attached hydrogen (secondary N) is 2. The van der Waals surface area contributed by atoms with Gasteiger partial charge in [-0.15, -0.1) is 0 Å². The third kappa shape index (κ3) is 7.11. The molecule has 44 heavy (non-hydrogen) atoms. The zero-order chi connectivity index (χ0) is 31.5. The predicted molar refractivity (Wildman–Crippen MR) is 158 cm³/mol. The number of nitrogens with two attached hydrogens (primary N) is 1. The average molecular weight is 609 g/mol. The fraction of sp³-hybridized carbons (Fsp3) is 0.364. The van der Waals surface area contributed by atoms with E-state index in [1.807, 2.05) is 36.4 Å². The van der Waals surface area contributed by atoms with Crippen LogP contribution in [0.2, 0.25) is 0 Å². The van der Waals surface area contributed by atoms with Crippen molar-refractivity contribution in [1.82, 2.24) is 15.5 Å². The summed E-state index contributed by atoms with van der Waals surface area (Å²) in [5.74, 6) is -1.53. The van der Waals surface area contributed by atoms with Gasteiger partial charge < -0.3 is 26.4 Å². The third-order valence-corrected chi connectivity index (χ3v) is 8.60. The Morgan fingerprint density at radius 1 is 0.932 bits per heavy atom. The number of carbonyl (C=O) groups excluding carboxylic acids is 3. The molecule has 1 aliphatic heterocycles. The van der Waals surface area contributed by atoms with Gasteiger partial charge in [-0.3, -0.25) is 14.4 Å². The first-order chi connectivity index (χ1) is 20.9. The van der Waals surface area contributed by atoms with E-state index in [0.717, 1.165) is 54.2 Å². The molecule has 1 atom stereocenters. The van der Waals surface area contributed by atoms with Crippen molar-refractivity contribution in [2.45, 2.75) is 56.0 Å². The zero-order valence-corrected chi connectivity index (χ0v) is 24.1. The Kier molecular flexibility index (Phi) is 9.07. The van der Waals surface area contributed by atoms with Gasteiger partial charge in [0.25, 0.3) is 5.91 Å². The van der Waals surface area contributed by atoms with Crippen molar-refractivity contribution in [3.63, 3.8) is 0 Å². The molecule has 5 N–H and O–H groups in total. The van der Waals surface area contributed by atoms with Crippen LogP contribution in [0.5, 0.6) is 0 Å². The number of primary amides is 1. The molecule has 0 bridgehead atoms. The van der Waals surface area contributed by atoms with Gasteiger partial charge in [-0.05, 0) is 73.1 Å². The van der Waals surface area contributed by atoms with E-state index in [0.29, 0.717) is 31.5 Å². The van der Waals surface area contributed by atoms with Crippen LogP contribution in [0.4, 0.5) is 13.2 Å². The number of halogens is 3. The minimum absolute atomic E-state index is 0.0684. The van der Waals surface area contributed by atoms with Crippen molar-refractivity contribution in [3.05, 3.63) is 95.1 Å². The van der Waals surface area contributed by atoms with E-state index in [2.05, 4.69) is 10.6 Å².